The molecule has 0 aliphatic carbocycles. The number of hydrogen-bond acceptors (Lipinski definition) is 2. The monoisotopic (exact) mass is 470 g/mol. The SMILES string of the molecule is Cc1ccc(-c2cc3c(ccc4cc5c(ccc6sc(-c7ccc(C)cc7)cc65)cc43)s2)cc1. The summed E-state index contributed by atoms with van der Waals surface area (Å²) in [7, 11) is 0. The van der Waals surface area contributed by atoms with Crippen molar-refractivity contribution in [1.29, 1.82) is 0 Å². The lowest BCUT2D eigenvalue weighted by Gasteiger charge is -2.05. The number of hydrogen-bond donors (Lipinski definition) is 0. The molecule has 34 heavy (non-hydrogen) atoms. The highest BCUT2D eigenvalue weighted by Gasteiger charge is 2.12. The van der Waals surface area contributed by atoms with E-state index in [4.69, 9.17) is 0 Å². The van der Waals surface area contributed by atoms with Gasteiger partial charge in [-0.3, -0.25) is 0 Å². The van der Waals surface area contributed by atoms with Gasteiger partial charge in [0.1, 0.15) is 0 Å². The van der Waals surface area contributed by atoms with Crippen molar-refractivity contribution < 1.29 is 0 Å². The van der Waals surface area contributed by atoms with Gasteiger partial charge in [-0.05, 0) is 82.9 Å². The van der Waals surface area contributed by atoms with Gasteiger partial charge >= 0.3 is 0 Å². The molecule has 0 aliphatic rings. The summed E-state index contributed by atoms with van der Waals surface area (Å²) < 4.78 is 2.70. The summed E-state index contributed by atoms with van der Waals surface area (Å²) in [6.45, 7) is 4.28. The van der Waals surface area contributed by atoms with Crippen molar-refractivity contribution in [2.75, 3.05) is 0 Å². The van der Waals surface area contributed by atoms with Gasteiger partial charge in [0.2, 0.25) is 0 Å². The van der Waals surface area contributed by atoms with Gasteiger partial charge in [0, 0.05) is 29.9 Å². The van der Waals surface area contributed by atoms with Crippen LogP contribution in [-0.2, 0) is 0 Å². The second-order valence-electron chi connectivity index (χ2n) is 9.20. The lowest BCUT2D eigenvalue weighted by atomic mass is 9.98. The zero-order valence-corrected chi connectivity index (χ0v) is 20.7. The summed E-state index contributed by atoms with van der Waals surface area (Å²) in [5.74, 6) is 0. The third-order valence-corrected chi connectivity index (χ3v) is 9.12. The third-order valence-electron chi connectivity index (χ3n) is 6.82. The van der Waals surface area contributed by atoms with Crippen molar-refractivity contribution in [3.05, 3.63) is 108 Å². The van der Waals surface area contributed by atoms with E-state index < -0.39 is 0 Å². The van der Waals surface area contributed by atoms with Crippen LogP contribution < -0.4 is 0 Å². The predicted octanol–water partition coefficient (Wildman–Crippen LogP) is 10.4. The lowest BCUT2D eigenvalue weighted by molar-refractivity contribution is 1.48. The minimum absolute atomic E-state index is 1.30. The first-order valence-corrected chi connectivity index (χ1v) is 13.2. The van der Waals surface area contributed by atoms with E-state index in [1.54, 1.807) is 0 Å². The Bertz CT molecular complexity index is 1710. The standard InChI is InChI=1S/C32H22S2/c1-19-3-7-21(8-4-19)31-17-27-25-15-24-12-14-30-28(26(24)16-23(25)11-13-29(27)33-31)18-32(34-30)22-9-5-20(2)6-10-22/h3-18H,1-2H3. The third kappa shape index (κ3) is 3.18. The van der Waals surface area contributed by atoms with Gasteiger partial charge in [-0.15, -0.1) is 22.7 Å². The van der Waals surface area contributed by atoms with Gasteiger partial charge in [-0.2, -0.15) is 0 Å². The molecule has 0 radical (unpaired) electrons. The number of benzene rings is 5. The number of rotatable bonds is 2. The molecule has 2 aromatic heterocycles. The molecular formula is C32H22S2. The molecule has 0 atom stereocenters. The van der Waals surface area contributed by atoms with Gasteiger partial charge < -0.3 is 0 Å². The maximum Gasteiger partial charge on any atom is 0.0355 e. The number of aryl methyl sites for hydroxylation is 2. The Labute approximate surface area is 206 Å². The van der Waals surface area contributed by atoms with E-state index in [1.807, 2.05) is 22.7 Å². The van der Waals surface area contributed by atoms with E-state index in [9.17, 15) is 0 Å². The molecule has 0 aliphatic heterocycles. The van der Waals surface area contributed by atoms with Gasteiger partial charge in [-0.25, -0.2) is 0 Å². The van der Waals surface area contributed by atoms with E-state index in [2.05, 4.69) is 111 Å². The first-order chi connectivity index (χ1) is 16.6. The topological polar surface area (TPSA) is 0 Å². The van der Waals surface area contributed by atoms with Crippen LogP contribution in [0.15, 0.2) is 97.1 Å². The molecule has 5 aromatic carbocycles. The first kappa shape index (κ1) is 20.0. The van der Waals surface area contributed by atoms with Gasteiger partial charge in [0.25, 0.3) is 0 Å². The Morgan fingerprint density at radius 2 is 0.824 bits per heavy atom. The highest BCUT2D eigenvalue weighted by Crippen LogP contribution is 2.41. The Balaban J connectivity index is 1.42. The van der Waals surface area contributed by atoms with Crippen LogP contribution in [0.1, 0.15) is 11.1 Å². The highest BCUT2D eigenvalue weighted by molar-refractivity contribution is 7.22. The van der Waals surface area contributed by atoms with E-state index in [0.717, 1.165) is 0 Å². The average molecular weight is 471 g/mol. The van der Waals surface area contributed by atoms with Gasteiger partial charge in [0.15, 0.2) is 0 Å². The van der Waals surface area contributed by atoms with Gasteiger partial charge in [0.05, 0.1) is 0 Å². The van der Waals surface area contributed by atoms with Crippen LogP contribution in [0.3, 0.4) is 0 Å². The summed E-state index contributed by atoms with van der Waals surface area (Å²) in [5, 5.41) is 8.00. The summed E-state index contributed by atoms with van der Waals surface area (Å²) >= 11 is 3.77. The van der Waals surface area contributed by atoms with Crippen molar-refractivity contribution in [3.8, 4) is 20.9 Å². The van der Waals surface area contributed by atoms with Crippen molar-refractivity contribution >= 4 is 64.4 Å². The van der Waals surface area contributed by atoms with Crippen molar-refractivity contribution in [2.45, 2.75) is 13.8 Å². The molecule has 2 heterocycles. The molecule has 7 rings (SSSR count). The molecule has 0 spiro atoms. The van der Waals surface area contributed by atoms with Crippen LogP contribution in [0.5, 0.6) is 0 Å². The minimum atomic E-state index is 1.30. The smallest absolute Gasteiger partial charge is 0.0355 e. The van der Waals surface area contributed by atoms with E-state index in [-0.39, 0.29) is 0 Å². The van der Waals surface area contributed by atoms with Crippen molar-refractivity contribution in [1.82, 2.24) is 0 Å². The van der Waals surface area contributed by atoms with Crippen molar-refractivity contribution in [3.63, 3.8) is 0 Å². The molecule has 162 valence electrons. The van der Waals surface area contributed by atoms with Crippen LogP contribution in [0.4, 0.5) is 0 Å². The summed E-state index contributed by atoms with van der Waals surface area (Å²) in [5.41, 5.74) is 5.19. The molecule has 0 saturated heterocycles. The second-order valence-corrected chi connectivity index (χ2v) is 11.4. The highest BCUT2D eigenvalue weighted by atomic mass is 32.1. The summed E-state index contributed by atoms with van der Waals surface area (Å²) in [4.78, 5) is 2.66. The Hall–Kier alpha value is -3.46. The quantitative estimate of drug-likeness (QED) is 0.220. The zero-order valence-electron chi connectivity index (χ0n) is 19.1. The van der Waals surface area contributed by atoms with E-state index in [1.165, 1.54) is 73.7 Å². The molecule has 0 nitrogen and oxygen atoms in total. The zero-order chi connectivity index (χ0) is 22.8. The maximum atomic E-state index is 2.39. The maximum absolute atomic E-state index is 2.39. The normalized spacial score (nSPS) is 11.8. The summed E-state index contributed by atoms with van der Waals surface area (Å²) in [6.07, 6.45) is 0. The van der Waals surface area contributed by atoms with E-state index >= 15 is 0 Å². The Kier molecular flexibility index (Phi) is 4.42. The van der Waals surface area contributed by atoms with Crippen LogP contribution in [-0.4, -0.2) is 0 Å². The van der Waals surface area contributed by atoms with Crippen LogP contribution in [0.25, 0.3) is 62.6 Å². The largest absolute Gasteiger partial charge is 0.135 e. The molecule has 0 unspecified atom stereocenters. The fourth-order valence-corrected chi connectivity index (χ4v) is 7.07. The number of thiophene rings is 2. The molecular weight excluding hydrogens is 448 g/mol. The molecule has 0 N–H and O–H groups in total. The summed E-state index contributed by atoms with van der Waals surface area (Å²) in [6, 6.07) is 36.4. The predicted molar refractivity (Wildman–Crippen MR) is 153 cm³/mol. The molecule has 0 saturated carbocycles. The molecule has 0 bridgehead atoms. The van der Waals surface area contributed by atoms with Crippen molar-refractivity contribution in [2.24, 2.45) is 0 Å². The average Bonchev–Trinajstić information content (AvgIpc) is 3.49. The molecule has 7 aromatic rings. The van der Waals surface area contributed by atoms with E-state index in [0.29, 0.717) is 0 Å². The fourth-order valence-electron chi connectivity index (χ4n) is 4.91. The number of fused-ring (bicyclic) bond motifs is 6. The lowest BCUT2D eigenvalue weighted by Crippen LogP contribution is -1.78. The van der Waals surface area contributed by atoms with Gasteiger partial charge in [-0.1, -0.05) is 71.8 Å². The van der Waals surface area contributed by atoms with Crippen LogP contribution in [0, 0.1) is 13.8 Å². The Morgan fingerprint density at radius 1 is 0.412 bits per heavy atom. The van der Waals surface area contributed by atoms with Crippen LogP contribution >= 0.6 is 22.7 Å². The molecule has 2 heteroatoms. The molecule has 0 fully saturated rings. The fraction of sp³-hybridized carbons (Fsp3) is 0.0625. The molecule has 0 amide bonds. The first-order valence-electron chi connectivity index (χ1n) is 11.6. The van der Waals surface area contributed by atoms with Crippen LogP contribution in [0.2, 0.25) is 0 Å². The Morgan fingerprint density at radius 3 is 1.24 bits per heavy atom. The second kappa shape index (κ2) is 7.53. The minimum Gasteiger partial charge on any atom is -0.135 e.